The van der Waals surface area contributed by atoms with Crippen molar-refractivity contribution in [2.45, 2.75) is 13.5 Å². The highest BCUT2D eigenvalue weighted by Crippen LogP contribution is 2.23. The van der Waals surface area contributed by atoms with Crippen molar-refractivity contribution in [1.29, 1.82) is 0 Å². The third kappa shape index (κ3) is 3.20. The van der Waals surface area contributed by atoms with Gasteiger partial charge in [0.25, 0.3) is 0 Å². The van der Waals surface area contributed by atoms with E-state index in [4.69, 9.17) is 11.6 Å². The molecule has 2 aromatic rings. The summed E-state index contributed by atoms with van der Waals surface area (Å²) in [7, 11) is 0. The third-order valence-electron chi connectivity index (χ3n) is 2.47. The van der Waals surface area contributed by atoms with E-state index in [2.05, 4.69) is 26.2 Å². The molecule has 88 valence electrons. The molecule has 1 aromatic carbocycles. The largest absolute Gasteiger partial charge is 0.380 e. The summed E-state index contributed by atoms with van der Waals surface area (Å²) in [6.07, 6.45) is 1.79. The Bertz CT molecular complexity index is 529. The molecule has 17 heavy (non-hydrogen) atoms. The van der Waals surface area contributed by atoms with E-state index in [9.17, 15) is 0 Å². The van der Waals surface area contributed by atoms with Gasteiger partial charge in [-0.3, -0.25) is 4.98 Å². The van der Waals surface area contributed by atoms with Gasteiger partial charge in [0.05, 0.1) is 16.4 Å². The van der Waals surface area contributed by atoms with Crippen molar-refractivity contribution >= 4 is 33.2 Å². The molecule has 0 saturated heterocycles. The number of aromatic nitrogens is 1. The lowest BCUT2D eigenvalue weighted by atomic mass is 10.2. The lowest BCUT2D eigenvalue weighted by Gasteiger charge is -2.09. The standard InChI is InChI=1S/C13H12BrClN2/c1-9-13(3-2-6-16-9)17-8-10-4-5-12(15)11(14)7-10/h2-7,17H,8H2,1H3. The number of nitrogens with zero attached hydrogens (tertiary/aromatic N) is 1. The molecule has 0 aliphatic rings. The second-order valence-electron chi connectivity index (χ2n) is 3.74. The Labute approximate surface area is 114 Å². The average Bonchev–Trinajstić information content (AvgIpc) is 2.32. The number of halogens is 2. The SMILES string of the molecule is Cc1ncccc1NCc1ccc(Cl)c(Br)c1. The fourth-order valence-corrected chi connectivity index (χ4v) is 2.06. The van der Waals surface area contributed by atoms with Gasteiger partial charge in [-0.1, -0.05) is 17.7 Å². The summed E-state index contributed by atoms with van der Waals surface area (Å²) in [5.41, 5.74) is 3.23. The fraction of sp³-hybridized carbons (Fsp3) is 0.154. The first-order valence-electron chi connectivity index (χ1n) is 5.26. The average molecular weight is 312 g/mol. The molecule has 0 saturated carbocycles. The molecule has 4 heteroatoms. The van der Waals surface area contributed by atoms with Gasteiger partial charge in [-0.2, -0.15) is 0 Å². The van der Waals surface area contributed by atoms with Crippen LogP contribution in [-0.2, 0) is 6.54 Å². The van der Waals surface area contributed by atoms with Crippen LogP contribution in [0.4, 0.5) is 5.69 Å². The zero-order chi connectivity index (χ0) is 12.3. The van der Waals surface area contributed by atoms with Crippen LogP contribution >= 0.6 is 27.5 Å². The topological polar surface area (TPSA) is 24.9 Å². The van der Waals surface area contributed by atoms with Crippen molar-refractivity contribution in [2.24, 2.45) is 0 Å². The molecule has 0 spiro atoms. The number of benzene rings is 1. The van der Waals surface area contributed by atoms with E-state index < -0.39 is 0 Å². The van der Waals surface area contributed by atoms with E-state index in [0.29, 0.717) is 0 Å². The van der Waals surface area contributed by atoms with Gasteiger partial charge in [-0.25, -0.2) is 0 Å². The molecule has 1 aromatic heterocycles. The summed E-state index contributed by atoms with van der Waals surface area (Å²) in [6, 6.07) is 9.85. The Kier molecular flexibility index (Phi) is 4.02. The van der Waals surface area contributed by atoms with E-state index in [-0.39, 0.29) is 0 Å². The number of rotatable bonds is 3. The molecule has 0 atom stereocenters. The minimum absolute atomic E-state index is 0.728. The molecule has 0 radical (unpaired) electrons. The molecule has 0 bridgehead atoms. The highest BCUT2D eigenvalue weighted by Gasteiger charge is 2.01. The number of hydrogen-bond donors (Lipinski definition) is 1. The van der Waals surface area contributed by atoms with Crippen LogP contribution in [0, 0.1) is 6.92 Å². The van der Waals surface area contributed by atoms with Gasteiger partial charge in [-0.15, -0.1) is 0 Å². The van der Waals surface area contributed by atoms with E-state index in [1.54, 1.807) is 6.20 Å². The van der Waals surface area contributed by atoms with Crippen LogP contribution < -0.4 is 5.32 Å². The maximum atomic E-state index is 5.95. The number of anilines is 1. The fourth-order valence-electron chi connectivity index (χ4n) is 1.52. The van der Waals surface area contributed by atoms with Gasteiger partial charge in [0, 0.05) is 17.2 Å². The first-order chi connectivity index (χ1) is 8.16. The van der Waals surface area contributed by atoms with Crippen molar-refractivity contribution in [3.8, 4) is 0 Å². The van der Waals surface area contributed by atoms with Gasteiger partial charge < -0.3 is 5.32 Å². The summed E-state index contributed by atoms with van der Waals surface area (Å²) in [6.45, 7) is 2.74. The van der Waals surface area contributed by atoms with Crippen molar-refractivity contribution < 1.29 is 0 Å². The van der Waals surface area contributed by atoms with Crippen molar-refractivity contribution in [1.82, 2.24) is 4.98 Å². The lowest BCUT2D eigenvalue weighted by molar-refractivity contribution is 1.11. The molecule has 0 amide bonds. The molecular weight excluding hydrogens is 300 g/mol. The van der Waals surface area contributed by atoms with Crippen molar-refractivity contribution in [2.75, 3.05) is 5.32 Å². The van der Waals surface area contributed by atoms with Crippen LogP contribution in [0.3, 0.4) is 0 Å². The maximum Gasteiger partial charge on any atom is 0.0603 e. The van der Waals surface area contributed by atoms with Crippen molar-refractivity contribution in [3.63, 3.8) is 0 Å². The molecule has 0 unspecified atom stereocenters. The number of nitrogens with one attached hydrogen (secondary N) is 1. The summed E-state index contributed by atoms with van der Waals surface area (Å²) >= 11 is 9.36. The highest BCUT2D eigenvalue weighted by molar-refractivity contribution is 9.10. The quantitative estimate of drug-likeness (QED) is 0.907. The normalized spacial score (nSPS) is 10.3. The third-order valence-corrected chi connectivity index (χ3v) is 3.69. The Hall–Kier alpha value is -1.06. The van der Waals surface area contributed by atoms with E-state index in [0.717, 1.165) is 27.4 Å². The predicted octanol–water partition coefficient (Wildman–Crippen LogP) is 4.42. The molecule has 2 rings (SSSR count). The zero-order valence-electron chi connectivity index (χ0n) is 9.37. The summed E-state index contributed by atoms with van der Waals surface area (Å²) < 4.78 is 0.918. The summed E-state index contributed by atoms with van der Waals surface area (Å²) in [5.74, 6) is 0. The van der Waals surface area contributed by atoms with Crippen molar-refractivity contribution in [3.05, 3.63) is 57.3 Å². The molecule has 1 N–H and O–H groups in total. The number of aryl methyl sites for hydroxylation is 1. The number of pyridine rings is 1. The minimum Gasteiger partial charge on any atom is -0.380 e. The minimum atomic E-state index is 0.728. The molecule has 0 aliphatic heterocycles. The summed E-state index contributed by atoms with van der Waals surface area (Å²) in [4.78, 5) is 4.23. The van der Waals surface area contributed by atoms with E-state index in [1.165, 1.54) is 5.56 Å². The first kappa shape index (κ1) is 12.4. The van der Waals surface area contributed by atoms with Gasteiger partial charge in [0.2, 0.25) is 0 Å². The van der Waals surface area contributed by atoms with Crippen LogP contribution in [0.15, 0.2) is 41.0 Å². The second-order valence-corrected chi connectivity index (χ2v) is 5.00. The molecule has 0 aliphatic carbocycles. The molecule has 2 nitrogen and oxygen atoms in total. The Morgan fingerprint density at radius 3 is 2.88 bits per heavy atom. The smallest absolute Gasteiger partial charge is 0.0603 e. The van der Waals surface area contributed by atoms with Gasteiger partial charge in [0.1, 0.15) is 0 Å². The molecular formula is C13H12BrClN2. The Morgan fingerprint density at radius 1 is 1.35 bits per heavy atom. The Balaban J connectivity index is 2.08. The predicted molar refractivity (Wildman–Crippen MR) is 75.5 cm³/mol. The van der Waals surface area contributed by atoms with Crippen LogP contribution in [-0.4, -0.2) is 4.98 Å². The zero-order valence-corrected chi connectivity index (χ0v) is 11.7. The molecule has 1 heterocycles. The number of hydrogen-bond acceptors (Lipinski definition) is 2. The maximum absolute atomic E-state index is 5.95. The van der Waals surface area contributed by atoms with Gasteiger partial charge in [-0.05, 0) is 52.7 Å². The molecule has 0 fully saturated rings. The van der Waals surface area contributed by atoms with Crippen LogP contribution in [0.2, 0.25) is 5.02 Å². The first-order valence-corrected chi connectivity index (χ1v) is 6.43. The Morgan fingerprint density at radius 2 is 2.18 bits per heavy atom. The lowest BCUT2D eigenvalue weighted by Crippen LogP contribution is -2.01. The highest BCUT2D eigenvalue weighted by atomic mass is 79.9. The van der Waals surface area contributed by atoms with Crippen LogP contribution in [0.25, 0.3) is 0 Å². The summed E-state index contributed by atoms with van der Waals surface area (Å²) in [5, 5.41) is 4.08. The van der Waals surface area contributed by atoms with Gasteiger partial charge >= 0.3 is 0 Å². The van der Waals surface area contributed by atoms with Gasteiger partial charge in [0.15, 0.2) is 0 Å². The van der Waals surface area contributed by atoms with Crippen LogP contribution in [0.5, 0.6) is 0 Å². The van der Waals surface area contributed by atoms with E-state index in [1.807, 2.05) is 37.3 Å². The van der Waals surface area contributed by atoms with Crippen LogP contribution in [0.1, 0.15) is 11.3 Å². The second kappa shape index (κ2) is 5.52. The van der Waals surface area contributed by atoms with E-state index >= 15 is 0 Å². The monoisotopic (exact) mass is 310 g/mol.